The SMILES string of the molecule is Cc1ccc(CNc2ccc(C(=O)Nc3nncs3)cn2)s1. The second-order valence-electron chi connectivity index (χ2n) is 4.50. The molecule has 6 nitrogen and oxygen atoms in total. The molecule has 0 fully saturated rings. The van der Waals surface area contributed by atoms with Crippen LogP contribution in [0.4, 0.5) is 10.9 Å². The number of hydrogen-bond donors (Lipinski definition) is 2. The fraction of sp³-hybridized carbons (Fsp3) is 0.143. The number of nitrogens with zero attached hydrogens (tertiary/aromatic N) is 3. The van der Waals surface area contributed by atoms with Crippen molar-refractivity contribution in [3.8, 4) is 0 Å². The van der Waals surface area contributed by atoms with Gasteiger partial charge in [-0.3, -0.25) is 10.1 Å². The van der Waals surface area contributed by atoms with Crippen molar-refractivity contribution >= 4 is 39.5 Å². The van der Waals surface area contributed by atoms with Gasteiger partial charge in [0.15, 0.2) is 0 Å². The van der Waals surface area contributed by atoms with Crippen LogP contribution >= 0.6 is 22.7 Å². The van der Waals surface area contributed by atoms with Gasteiger partial charge in [0, 0.05) is 16.0 Å². The lowest BCUT2D eigenvalue weighted by Gasteiger charge is -2.05. The molecule has 3 rings (SSSR count). The highest BCUT2D eigenvalue weighted by Gasteiger charge is 2.08. The van der Waals surface area contributed by atoms with Crippen LogP contribution in [0.2, 0.25) is 0 Å². The highest BCUT2D eigenvalue weighted by atomic mass is 32.1. The first-order valence-electron chi connectivity index (χ1n) is 6.53. The van der Waals surface area contributed by atoms with Crippen LogP contribution in [0.25, 0.3) is 0 Å². The van der Waals surface area contributed by atoms with Gasteiger partial charge < -0.3 is 5.32 Å². The smallest absolute Gasteiger partial charge is 0.259 e. The third-order valence-corrected chi connectivity index (χ3v) is 4.45. The Bertz CT molecular complexity index is 752. The molecule has 0 bridgehead atoms. The van der Waals surface area contributed by atoms with Gasteiger partial charge in [-0.15, -0.1) is 21.5 Å². The van der Waals surface area contributed by atoms with Crippen LogP contribution in [0, 0.1) is 6.92 Å². The summed E-state index contributed by atoms with van der Waals surface area (Å²) in [5.74, 6) is 0.489. The maximum Gasteiger partial charge on any atom is 0.259 e. The minimum Gasteiger partial charge on any atom is -0.365 e. The summed E-state index contributed by atoms with van der Waals surface area (Å²) < 4.78 is 0. The van der Waals surface area contributed by atoms with Gasteiger partial charge in [0.2, 0.25) is 5.13 Å². The van der Waals surface area contributed by atoms with Gasteiger partial charge in [-0.2, -0.15) is 0 Å². The molecule has 0 aliphatic carbocycles. The van der Waals surface area contributed by atoms with Crippen molar-refractivity contribution < 1.29 is 4.79 Å². The normalized spacial score (nSPS) is 10.4. The van der Waals surface area contributed by atoms with E-state index in [9.17, 15) is 4.79 Å². The average Bonchev–Trinajstić information content (AvgIpc) is 3.17. The van der Waals surface area contributed by atoms with E-state index in [0.29, 0.717) is 10.7 Å². The molecular weight excluding hydrogens is 318 g/mol. The molecule has 3 aromatic heterocycles. The van der Waals surface area contributed by atoms with E-state index in [1.807, 2.05) is 0 Å². The molecule has 0 aromatic carbocycles. The lowest BCUT2D eigenvalue weighted by Crippen LogP contribution is -2.12. The zero-order valence-electron chi connectivity index (χ0n) is 11.7. The molecule has 3 heterocycles. The molecule has 2 N–H and O–H groups in total. The van der Waals surface area contributed by atoms with Crippen molar-refractivity contribution in [1.82, 2.24) is 15.2 Å². The summed E-state index contributed by atoms with van der Waals surface area (Å²) >= 11 is 3.02. The third kappa shape index (κ3) is 3.66. The zero-order valence-corrected chi connectivity index (χ0v) is 13.4. The van der Waals surface area contributed by atoms with Gasteiger partial charge in [-0.25, -0.2) is 4.98 Å². The van der Waals surface area contributed by atoms with Gasteiger partial charge in [0.1, 0.15) is 11.3 Å². The van der Waals surface area contributed by atoms with E-state index in [1.54, 1.807) is 35.2 Å². The number of hydrogen-bond acceptors (Lipinski definition) is 7. The average molecular weight is 331 g/mol. The lowest BCUT2D eigenvalue weighted by molar-refractivity contribution is 0.102. The van der Waals surface area contributed by atoms with Crippen molar-refractivity contribution in [3.05, 3.63) is 51.3 Å². The summed E-state index contributed by atoms with van der Waals surface area (Å²) in [6.07, 6.45) is 1.54. The standard InChI is InChI=1S/C14H13N5OS2/c1-9-2-4-11(22-9)7-16-12-5-3-10(6-15-12)13(20)18-14-19-17-8-21-14/h2-6,8H,7H2,1H3,(H,15,16)(H,18,19,20). The predicted molar refractivity (Wildman–Crippen MR) is 88.5 cm³/mol. The van der Waals surface area contributed by atoms with Gasteiger partial charge in [-0.05, 0) is 31.2 Å². The van der Waals surface area contributed by atoms with Crippen LogP contribution in [0.1, 0.15) is 20.1 Å². The van der Waals surface area contributed by atoms with Crippen LogP contribution in [0.3, 0.4) is 0 Å². The number of thiophene rings is 1. The van der Waals surface area contributed by atoms with Crippen molar-refractivity contribution in [2.24, 2.45) is 0 Å². The number of anilines is 2. The maximum atomic E-state index is 12.0. The van der Waals surface area contributed by atoms with E-state index < -0.39 is 0 Å². The molecule has 8 heteroatoms. The number of nitrogens with one attached hydrogen (secondary N) is 2. The van der Waals surface area contributed by atoms with Crippen LogP contribution in [0.5, 0.6) is 0 Å². The lowest BCUT2D eigenvalue weighted by atomic mass is 10.2. The summed E-state index contributed by atoms with van der Waals surface area (Å²) in [6.45, 7) is 2.81. The minimum absolute atomic E-state index is 0.246. The van der Waals surface area contributed by atoms with Gasteiger partial charge in [0.25, 0.3) is 5.91 Å². The van der Waals surface area contributed by atoms with E-state index in [4.69, 9.17) is 0 Å². The Labute approximate surface area is 135 Å². The molecule has 0 unspecified atom stereocenters. The monoisotopic (exact) mass is 331 g/mol. The number of carbonyl (C=O) groups excluding carboxylic acids is 1. The van der Waals surface area contributed by atoms with Crippen molar-refractivity contribution in [2.45, 2.75) is 13.5 Å². The number of rotatable bonds is 5. The van der Waals surface area contributed by atoms with Gasteiger partial charge in [0.05, 0.1) is 12.1 Å². The molecule has 0 saturated carbocycles. The highest BCUT2D eigenvalue weighted by Crippen LogP contribution is 2.17. The van der Waals surface area contributed by atoms with E-state index in [2.05, 4.69) is 44.9 Å². The first-order chi connectivity index (χ1) is 10.7. The molecule has 1 amide bonds. The molecule has 0 spiro atoms. The highest BCUT2D eigenvalue weighted by molar-refractivity contribution is 7.13. The van der Waals surface area contributed by atoms with Crippen LogP contribution < -0.4 is 10.6 Å². The van der Waals surface area contributed by atoms with Crippen molar-refractivity contribution in [1.29, 1.82) is 0 Å². The maximum absolute atomic E-state index is 12.0. The van der Waals surface area contributed by atoms with E-state index in [1.165, 1.54) is 21.1 Å². The summed E-state index contributed by atoms with van der Waals surface area (Å²) in [6, 6.07) is 7.70. The van der Waals surface area contributed by atoms with Crippen LogP contribution in [-0.4, -0.2) is 21.1 Å². The molecular formula is C14H13N5OS2. The minimum atomic E-state index is -0.246. The quantitative estimate of drug-likeness (QED) is 0.750. The Morgan fingerprint density at radius 1 is 1.27 bits per heavy atom. The Hall–Kier alpha value is -2.32. The Morgan fingerprint density at radius 2 is 2.18 bits per heavy atom. The second kappa shape index (κ2) is 6.63. The molecule has 22 heavy (non-hydrogen) atoms. The number of aryl methyl sites for hydroxylation is 1. The molecule has 0 radical (unpaired) electrons. The summed E-state index contributed by atoms with van der Waals surface area (Å²) in [5, 5.41) is 13.8. The molecule has 3 aromatic rings. The summed E-state index contributed by atoms with van der Waals surface area (Å²) in [4.78, 5) is 18.8. The molecule has 112 valence electrons. The Balaban J connectivity index is 1.58. The second-order valence-corrected chi connectivity index (χ2v) is 6.70. The first kappa shape index (κ1) is 14.6. The number of amides is 1. The molecule has 0 saturated heterocycles. The molecule has 0 aliphatic rings. The summed E-state index contributed by atoms with van der Waals surface area (Å²) in [5.41, 5.74) is 2.04. The van der Waals surface area contributed by atoms with Gasteiger partial charge in [-0.1, -0.05) is 11.3 Å². The number of carbonyl (C=O) groups is 1. The molecule has 0 aliphatic heterocycles. The van der Waals surface area contributed by atoms with Crippen molar-refractivity contribution in [3.63, 3.8) is 0 Å². The van der Waals surface area contributed by atoms with E-state index in [-0.39, 0.29) is 5.91 Å². The fourth-order valence-corrected chi connectivity index (χ4v) is 3.06. The number of aromatic nitrogens is 3. The van der Waals surface area contributed by atoms with Crippen molar-refractivity contribution in [2.75, 3.05) is 10.6 Å². The Morgan fingerprint density at radius 3 is 2.82 bits per heavy atom. The van der Waals surface area contributed by atoms with Crippen LogP contribution in [-0.2, 0) is 6.54 Å². The fourth-order valence-electron chi connectivity index (χ4n) is 1.79. The van der Waals surface area contributed by atoms with E-state index >= 15 is 0 Å². The predicted octanol–water partition coefficient (Wildman–Crippen LogP) is 3.17. The van der Waals surface area contributed by atoms with Gasteiger partial charge >= 0.3 is 0 Å². The van der Waals surface area contributed by atoms with Crippen LogP contribution in [0.15, 0.2) is 36.0 Å². The first-order valence-corrected chi connectivity index (χ1v) is 8.23. The number of pyridine rings is 1. The largest absolute Gasteiger partial charge is 0.365 e. The zero-order chi connectivity index (χ0) is 15.4. The van der Waals surface area contributed by atoms with E-state index in [0.717, 1.165) is 12.4 Å². The third-order valence-electron chi connectivity index (χ3n) is 2.85. The molecule has 0 atom stereocenters. The Kier molecular flexibility index (Phi) is 4.40. The summed E-state index contributed by atoms with van der Waals surface area (Å²) in [7, 11) is 0. The topological polar surface area (TPSA) is 79.8 Å².